The molecule has 116 valence electrons. The molecular formula is C12H26O5S2. The minimum Gasteiger partial charge on any atom is -0.343 e. The monoisotopic (exact) mass is 314 g/mol. The highest BCUT2D eigenvalue weighted by Crippen LogP contribution is 2.19. The molecule has 0 radical (unpaired) electrons. The van der Waals surface area contributed by atoms with E-state index < -0.39 is 30.5 Å². The van der Waals surface area contributed by atoms with Crippen LogP contribution in [-0.2, 0) is 24.4 Å². The van der Waals surface area contributed by atoms with E-state index in [0.29, 0.717) is 25.7 Å². The van der Waals surface area contributed by atoms with Gasteiger partial charge in [0.15, 0.2) is 30.5 Å². The van der Waals surface area contributed by atoms with Crippen molar-refractivity contribution >= 4 is 19.7 Å². The van der Waals surface area contributed by atoms with Gasteiger partial charge in [0.2, 0.25) is 0 Å². The van der Waals surface area contributed by atoms with Crippen LogP contribution in [0.2, 0.25) is 0 Å². The van der Waals surface area contributed by atoms with Crippen LogP contribution < -0.4 is 0 Å². The van der Waals surface area contributed by atoms with Gasteiger partial charge in [0.25, 0.3) is 0 Å². The molecule has 0 amide bonds. The van der Waals surface area contributed by atoms with Crippen LogP contribution >= 0.6 is 0 Å². The van der Waals surface area contributed by atoms with Crippen LogP contribution in [0.5, 0.6) is 0 Å². The van der Waals surface area contributed by atoms with E-state index in [4.69, 9.17) is 4.74 Å². The molecule has 0 saturated carbocycles. The van der Waals surface area contributed by atoms with E-state index in [-0.39, 0.29) is 0 Å². The zero-order chi connectivity index (χ0) is 15.1. The maximum absolute atomic E-state index is 11.7. The predicted molar refractivity (Wildman–Crippen MR) is 77.4 cm³/mol. The third-order valence-corrected chi connectivity index (χ3v) is 5.45. The van der Waals surface area contributed by atoms with Gasteiger partial charge in [-0.2, -0.15) is 0 Å². The first-order chi connectivity index (χ1) is 8.62. The Hall–Kier alpha value is -0.140. The quantitative estimate of drug-likeness (QED) is 0.617. The molecule has 2 unspecified atom stereocenters. The van der Waals surface area contributed by atoms with Crippen molar-refractivity contribution in [3.63, 3.8) is 0 Å². The lowest BCUT2D eigenvalue weighted by Gasteiger charge is -2.22. The van der Waals surface area contributed by atoms with Crippen molar-refractivity contribution in [1.29, 1.82) is 0 Å². The smallest absolute Gasteiger partial charge is 0.174 e. The van der Waals surface area contributed by atoms with Crippen molar-refractivity contribution in [3.8, 4) is 0 Å². The van der Waals surface area contributed by atoms with Crippen molar-refractivity contribution < 1.29 is 21.6 Å². The SMILES string of the molecule is CCCCC(OC(CCCC)S(C)(=O)=O)S(C)(=O)=O. The normalized spacial score (nSPS) is 16.2. The number of sulfone groups is 2. The summed E-state index contributed by atoms with van der Waals surface area (Å²) in [7, 11) is -6.81. The standard InChI is InChI=1S/C12H26O5S2/c1-5-7-9-11(18(3,13)14)17-12(10-8-6-2)19(4,15)16/h11-12H,5-10H2,1-4H3. The zero-order valence-corrected chi connectivity index (χ0v) is 13.9. The zero-order valence-electron chi connectivity index (χ0n) is 12.3. The summed E-state index contributed by atoms with van der Waals surface area (Å²) in [5.41, 5.74) is -2.05. The molecule has 0 bridgehead atoms. The second kappa shape index (κ2) is 8.21. The van der Waals surface area contributed by atoms with Crippen LogP contribution in [0.15, 0.2) is 0 Å². The summed E-state index contributed by atoms with van der Waals surface area (Å²) >= 11 is 0. The van der Waals surface area contributed by atoms with E-state index in [2.05, 4.69) is 0 Å². The van der Waals surface area contributed by atoms with Gasteiger partial charge in [0.1, 0.15) is 0 Å². The summed E-state index contributed by atoms with van der Waals surface area (Å²) in [5, 5.41) is 0. The van der Waals surface area contributed by atoms with Crippen LogP contribution in [0.1, 0.15) is 52.4 Å². The van der Waals surface area contributed by atoms with Crippen molar-refractivity contribution in [2.75, 3.05) is 12.5 Å². The van der Waals surface area contributed by atoms with Gasteiger partial charge >= 0.3 is 0 Å². The fourth-order valence-electron chi connectivity index (χ4n) is 1.68. The molecule has 0 aromatic rings. The Kier molecular flexibility index (Phi) is 8.15. The van der Waals surface area contributed by atoms with Gasteiger partial charge in [-0.05, 0) is 12.8 Å². The lowest BCUT2D eigenvalue weighted by atomic mass is 10.2. The van der Waals surface area contributed by atoms with Crippen molar-refractivity contribution in [1.82, 2.24) is 0 Å². The van der Waals surface area contributed by atoms with E-state index >= 15 is 0 Å². The molecule has 0 aliphatic heterocycles. The topological polar surface area (TPSA) is 77.5 Å². The molecule has 0 rings (SSSR count). The maximum Gasteiger partial charge on any atom is 0.174 e. The molecule has 0 aliphatic rings. The van der Waals surface area contributed by atoms with E-state index in [0.717, 1.165) is 25.4 Å². The van der Waals surface area contributed by atoms with Crippen LogP contribution in [0, 0.1) is 0 Å². The molecule has 0 N–H and O–H groups in total. The molecule has 0 spiro atoms. The lowest BCUT2D eigenvalue weighted by molar-refractivity contribution is 0.0670. The van der Waals surface area contributed by atoms with E-state index in [1.807, 2.05) is 13.8 Å². The summed E-state index contributed by atoms with van der Waals surface area (Å²) < 4.78 is 52.0. The highest BCUT2D eigenvalue weighted by molar-refractivity contribution is 7.91. The molecule has 19 heavy (non-hydrogen) atoms. The largest absolute Gasteiger partial charge is 0.343 e. The first-order valence-electron chi connectivity index (χ1n) is 6.66. The van der Waals surface area contributed by atoms with Gasteiger partial charge in [-0.15, -0.1) is 0 Å². The van der Waals surface area contributed by atoms with Gasteiger partial charge in [-0.25, -0.2) is 16.8 Å². The van der Waals surface area contributed by atoms with E-state index in [1.54, 1.807) is 0 Å². The summed E-state index contributed by atoms with van der Waals surface area (Å²) in [6.07, 6.45) is 5.94. The van der Waals surface area contributed by atoms with Gasteiger partial charge in [-0.3, -0.25) is 0 Å². The highest BCUT2D eigenvalue weighted by Gasteiger charge is 2.29. The number of rotatable bonds is 10. The minimum absolute atomic E-state index is 0.341. The molecule has 0 aromatic carbocycles. The molecule has 0 heterocycles. The van der Waals surface area contributed by atoms with Gasteiger partial charge in [0, 0.05) is 12.5 Å². The summed E-state index contributed by atoms with van der Waals surface area (Å²) in [4.78, 5) is 0. The average molecular weight is 314 g/mol. The first-order valence-corrected chi connectivity index (χ1v) is 10.6. The molecule has 2 atom stereocenters. The summed E-state index contributed by atoms with van der Waals surface area (Å²) in [6.45, 7) is 3.90. The highest BCUT2D eigenvalue weighted by atomic mass is 32.2. The Morgan fingerprint density at radius 3 is 1.32 bits per heavy atom. The van der Waals surface area contributed by atoms with Crippen molar-refractivity contribution in [3.05, 3.63) is 0 Å². The number of hydrogen-bond acceptors (Lipinski definition) is 5. The van der Waals surface area contributed by atoms with Gasteiger partial charge < -0.3 is 4.74 Å². The molecule has 0 fully saturated rings. The third kappa shape index (κ3) is 7.89. The lowest BCUT2D eigenvalue weighted by Crippen LogP contribution is -2.33. The fourth-order valence-corrected chi connectivity index (χ4v) is 3.61. The molecule has 5 nitrogen and oxygen atoms in total. The Bertz CT molecular complexity index is 397. The van der Waals surface area contributed by atoms with Gasteiger partial charge in [0.05, 0.1) is 0 Å². The van der Waals surface area contributed by atoms with Crippen molar-refractivity contribution in [2.45, 2.75) is 63.2 Å². The van der Waals surface area contributed by atoms with E-state index in [9.17, 15) is 16.8 Å². The van der Waals surface area contributed by atoms with Crippen LogP contribution in [0.4, 0.5) is 0 Å². The second-order valence-electron chi connectivity index (χ2n) is 4.94. The Labute approximate surface area is 117 Å². The Morgan fingerprint density at radius 2 is 1.11 bits per heavy atom. The average Bonchev–Trinajstić information content (AvgIpc) is 2.24. The second-order valence-corrected chi connectivity index (χ2v) is 9.31. The Morgan fingerprint density at radius 1 is 0.789 bits per heavy atom. The van der Waals surface area contributed by atoms with Crippen LogP contribution in [-0.4, -0.2) is 40.2 Å². The van der Waals surface area contributed by atoms with E-state index in [1.165, 1.54) is 0 Å². The number of hydrogen-bond donors (Lipinski definition) is 0. The fraction of sp³-hybridized carbons (Fsp3) is 1.00. The maximum atomic E-state index is 11.7. The van der Waals surface area contributed by atoms with Crippen molar-refractivity contribution in [2.24, 2.45) is 0 Å². The van der Waals surface area contributed by atoms with Crippen LogP contribution in [0.25, 0.3) is 0 Å². The minimum atomic E-state index is -3.40. The summed E-state index contributed by atoms with van der Waals surface area (Å²) in [5.74, 6) is 0. The number of ether oxygens (including phenoxy) is 1. The number of unbranched alkanes of at least 4 members (excludes halogenated alkanes) is 2. The molecule has 0 aliphatic carbocycles. The third-order valence-electron chi connectivity index (χ3n) is 2.85. The molecule has 7 heteroatoms. The van der Waals surface area contributed by atoms with Gasteiger partial charge in [-0.1, -0.05) is 39.5 Å². The molecular weight excluding hydrogens is 288 g/mol. The molecule has 0 aromatic heterocycles. The van der Waals surface area contributed by atoms with Crippen LogP contribution in [0.3, 0.4) is 0 Å². The Balaban J connectivity index is 4.93. The predicted octanol–water partition coefficient (Wildman–Crippen LogP) is 2.12. The first kappa shape index (κ1) is 18.9. The summed E-state index contributed by atoms with van der Waals surface area (Å²) in [6, 6.07) is 0. The molecule has 0 saturated heterocycles.